The highest BCUT2D eigenvalue weighted by Crippen LogP contribution is 2.40. The number of benzene rings is 1. The van der Waals surface area contributed by atoms with Crippen molar-refractivity contribution in [2.75, 3.05) is 39.8 Å². The molecule has 13 nitrogen and oxygen atoms in total. The molecule has 4 N–H and O–H groups in total. The van der Waals surface area contributed by atoms with Crippen molar-refractivity contribution >= 4 is 55.9 Å². The number of nitrogens with zero attached hydrogens (tertiary/aromatic N) is 4. The molecule has 0 aliphatic carbocycles. The van der Waals surface area contributed by atoms with E-state index < -0.39 is 12.1 Å². The van der Waals surface area contributed by atoms with E-state index in [1.54, 1.807) is 45.1 Å². The Hall–Kier alpha value is -5.02. The van der Waals surface area contributed by atoms with Crippen LogP contribution in [0.15, 0.2) is 67.5 Å². The number of thiophene rings is 2. The van der Waals surface area contributed by atoms with E-state index in [9.17, 15) is 19.2 Å². The van der Waals surface area contributed by atoms with Crippen LogP contribution in [0.5, 0.6) is 0 Å². The zero-order valence-corrected chi connectivity index (χ0v) is 31.8. The van der Waals surface area contributed by atoms with Gasteiger partial charge in [0, 0.05) is 42.5 Å². The predicted molar refractivity (Wildman–Crippen MR) is 206 cm³/mol. The van der Waals surface area contributed by atoms with E-state index in [0.29, 0.717) is 0 Å². The van der Waals surface area contributed by atoms with Crippen LogP contribution >= 0.6 is 22.7 Å². The largest absolute Gasteiger partial charge is 0.453 e. The number of nitrogens with one attached hydrogen (secondary N) is 4. The third-order valence-corrected chi connectivity index (χ3v) is 10.3. The van der Waals surface area contributed by atoms with Crippen molar-refractivity contribution in [3.8, 4) is 21.1 Å². The Bertz CT molecular complexity index is 1720. The second-order valence-electron chi connectivity index (χ2n) is 12.1. The number of imidazole rings is 2. The minimum absolute atomic E-state index is 0.0303. The molecule has 5 aromatic rings. The van der Waals surface area contributed by atoms with Gasteiger partial charge in [-0.1, -0.05) is 50.6 Å². The summed E-state index contributed by atoms with van der Waals surface area (Å²) in [6.45, 7) is 9.01. The molecule has 278 valence electrons. The first kappa shape index (κ1) is 39.8. The number of carbonyl (C=O) groups excluding carboxylic acids is 4. The summed E-state index contributed by atoms with van der Waals surface area (Å²) in [4.78, 5) is 66.0. The van der Waals surface area contributed by atoms with Crippen molar-refractivity contribution in [1.82, 2.24) is 40.4 Å². The summed E-state index contributed by atoms with van der Waals surface area (Å²) in [6, 6.07) is 13.0. The molecule has 0 saturated carbocycles. The number of carbonyl (C=O) groups is 4. The monoisotopic (exact) mass is 748 g/mol. The van der Waals surface area contributed by atoms with Gasteiger partial charge in [-0.25, -0.2) is 14.8 Å². The van der Waals surface area contributed by atoms with Crippen LogP contribution in [0, 0.1) is 0 Å². The lowest BCUT2D eigenvalue weighted by molar-refractivity contribution is -0.132. The molecular weight excluding hydrogens is 701 g/mol. The number of methoxy groups -OCH3 is 1. The SMILES string of the molecule is CC(=O)NCC(=O)N1CCCC1.CCC.COC(=O)NC(C(=O)N1CCCC1)c1ccccc1.c1ncc(-c2cc3sc(-c4cnc[nH]4)cc3s2)[nH]1. The predicted octanol–water partition coefficient (Wildman–Crippen LogP) is 6.61. The molecule has 0 spiro atoms. The zero-order chi connectivity index (χ0) is 37.3. The van der Waals surface area contributed by atoms with Crippen molar-refractivity contribution in [1.29, 1.82) is 0 Å². The third-order valence-electron chi connectivity index (χ3n) is 7.93. The second kappa shape index (κ2) is 20.7. The van der Waals surface area contributed by atoms with Crippen LogP contribution in [0.25, 0.3) is 30.5 Å². The summed E-state index contributed by atoms with van der Waals surface area (Å²) in [5, 5.41) is 5.10. The van der Waals surface area contributed by atoms with Gasteiger partial charge in [-0.2, -0.15) is 0 Å². The first-order valence-electron chi connectivity index (χ1n) is 17.4. The smallest absolute Gasteiger partial charge is 0.407 e. The number of aromatic nitrogens is 4. The lowest BCUT2D eigenvalue weighted by Gasteiger charge is -2.23. The number of H-pyrrole nitrogens is 2. The first-order chi connectivity index (χ1) is 25.2. The van der Waals surface area contributed by atoms with Crippen molar-refractivity contribution in [3.05, 3.63) is 73.1 Å². The molecule has 0 radical (unpaired) electrons. The molecule has 7 rings (SSSR count). The van der Waals surface area contributed by atoms with E-state index >= 15 is 0 Å². The van der Waals surface area contributed by atoms with Crippen LogP contribution in [0.1, 0.15) is 64.5 Å². The third kappa shape index (κ3) is 11.8. The fraction of sp³-hybridized carbons (Fsp3) is 0.405. The van der Waals surface area contributed by atoms with Crippen LogP contribution in [0.2, 0.25) is 0 Å². The highest BCUT2D eigenvalue weighted by atomic mass is 32.1. The molecule has 15 heteroatoms. The molecule has 2 aliphatic heterocycles. The number of aromatic amines is 2. The number of ether oxygens (including phenoxy) is 1. The minimum atomic E-state index is -0.674. The molecule has 4 aromatic heterocycles. The lowest BCUT2D eigenvalue weighted by Crippen LogP contribution is -2.41. The van der Waals surface area contributed by atoms with E-state index in [0.717, 1.165) is 68.8 Å². The molecule has 4 amide bonds. The molecule has 52 heavy (non-hydrogen) atoms. The average Bonchev–Trinajstić information content (AvgIpc) is 4.00. The van der Waals surface area contributed by atoms with Crippen molar-refractivity contribution in [3.63, 3.8) is 0 Å². The molecule has 1 unspecified atom stereocenters. The van der Waals surface area contributed by atoms with Gasteiger partial charge in [0.1, 0.15) is 6.04 Å². The van der Waals surface area contributed by atoms with E-state index in [1.165, 1.54) is 39.6 Å². The summed E-state index contributed by atoms with van der Waals surface area (Å²) >= 11 is 3.56. The summed E-state index contributed by atoms with van der Waals surface area (Å²) in [6.07, 6.45) is 12.0. The lowest BCUT2D eigenvalue weighted by atomic mass is 10.1. The number of hydrogen-bond donors (Lipinski definition) is 4. The maximum absolute atomic E-state index is 12.5. The summed E-state index contributed by atoms with van der Waals surface area (Å²) in [5.74, 6) is -0.195. The average molecular weight is 749 g/mol. The molecule has 1 atom stereocenters. The normalized spacial score (nSPS) is 13.8. The Balaban J connectivity index is 0.000000172. The molecule has 2 fully saturated rings. The molecule has 2 saturated heterocycles. The van der Waals surface area contributed by atoms with Crippen LogP contribution in [-0.2, 0) is 19.1 Å². The Morgan fingerprint density at radius 1 is 0.827 bits per heavy atom. The van der Waals surface area contributed by atoms with Gasteiger partial charge in [-0.05, 0) is 43.4 Å². The van der Waals surface area contributed by atoms with E-state index in [4.69, 9.17) is 0 Å². The highest BCUT2D eigenvalue weighted by molar-refractivity contribution is 7.31. The van der Waals surface area contributed by atoms with Crippen LogP contribution < -0.4 is 10.6 Å². The van der Waals surface area contributed by atoms with Gasteiger partial charge < -0.3 is 35.1 Å². The van der Waals surface area contributed by atoms with Crippen molar-refractivity contribution < 1.29 is 23.9 Å². The maximum Gasteiger partial charge on any atom is 0.407 e. The maximum atomic E-state index is 12.5. The Morgan fingerprint density at radius 2 is 1.33 bits per heavy atom. The summed E-state index contributed by atoms with van der Waals surface area (Å²) < 4.78 is 7.19. The fourth-order valence-corrected chi connectivity index (χ4v) is 7.73. The number of alkyl carbamates (subject to hydrolysis) is 1. The quantitative estimate of drug-likeness (QED) is 0.145. The molecular formula is C37H48N8O5S2. The molecule has 0 bridgehead atoms. The Morgan fingerprint density at radius 3 is 1.77 bits per heavy atom. The topological polar surface area (TPSA) is 165 Å². The van der Waals surface area contributed by atoms with Crippen LogP contribution in [0.3, 0.4) is 0 Å². The van der Waals surface area contributed by atoms with E-state index in [1.807, 2.05) is 42.7 Å². The van der Waals surface area contributed by atoms with Gasteiger partial charge >= 0.3 is 6.09 Å². The van der Waals surface area contributed by atoms with Gasteiger partial charge in [-0.3, -0.25) is 14.4 Å². The first-order valence-corrected chi connectivity index (χ1v) is 19.1. The van der Waals surface area contributed by atoms with Gasteiger partial charge in [0.05, 0.1) is 59.8 Å². The van der Waals surface area contributed by atoms with Gasteiger partial charge in [0.25, 0.3) is 0 Å². The number of fused-ring (bicyclic) bond motifs is 1. The van der Waals surface area contributed by atoms with Crippen LogP contribution in [0.4, 0.5) is 4.79 Å². The second-order valence-corrected chi connectivity index (χ2v) is 14.3. The number of amides is 4. The van der Waals surface area contributed by atoms with Crippen molar-refractivity contribution in [2.45, 2.75) is 58.9 Å². The van der Waals surface area contributed by atoms with Gasteiger partial charge in [0.2, 0.25) is 17.7 Å². The fourth-order valence-electron chi connectivity index (χ4n) is 5.39. The number of rotatable bonds is 7. The van der Waals surface area contributed by atoms with E-state index in [2.05, 4.69) is 61.3 Å². The highest BCUT2D eigenvalue weighted by Gasteiger charge is 2.29. The van der Waals surface area contributed by atoms with Gasteiger partial charge in [0.15, 0.2) is 0 Å². The molecule has 2 aliphatic rings. The summed E-state index contributed by atoms with van der Waals surface area (Å²) in [7, 11) is 1.29. The zero-order valence-electron chi connectivity index (χ0n) is 30.1. The van der Waals surface area contributed by atoms with E-state index in [-0.39, 0.29) is 24.3 Å². The molecule has 1 aromatic carbocycles. The number of hydrogen-bond acceptors (Lipinski definition) is 9. The molecule has 6 heterocycles. The van der Waals surface area contributed by atoms with Crippen LogP contribution in [-0.4, -0.2) is 93.4 Å². The number of likely N-dealkylation sites (tertiary alicyclic amines) is 2. The minimum Gasteiger partial charge on any atom is -0.453 e. The Labute approximate surface area is 312 Å². The van der Waals surface area contributed by atoms with Crippen molar-refractivity contribution in [2.24, 2.45) is 0 Å². The summed E-state index contributed by atoms with van der Waals surface area (Å²) in [5.41, 5.74) is 2.92. The standard InChI is InChI=1S/C14H18N2O3.C12H8N4S2.C8H14N2O2.C3H8/c1-19-14(18)15-12(11-7-3-2-4-8-11)13(17)16-9-5-6-10-16;1-9(7-3-13-5-15-7)17-12-2-10(18-11(1)12)8-4-14-6-16-8;1-7(11)9-6-8(12)10-4-2-3-5-10;1-3-2/h2-4,7-8,12H,5-6,9-10H2,1H3,(H,15,18);1-6H,(H,13,15)(H,14,16);2-6H2,1H3,(H,9,11);3H2,1-2H3. The van der Waals surface area contributed by atoms with Gasteiger partial charge in [-0.15, -0.1) is 22.7 Å². The Kier molecular flexibility index (Phi) is 15.9.